The molecule has 0 spiro atoms. The quantitative estimate of drug-likeness (QED) is 0.0345. The average molecular weight is 665 g/mol. The van der Waals surface area contributed by atoms with Crippen LogP contribution >= 0.6 is 0 Å². The second-order valence-corrected chi connectivity index (χ2v) is 12.5. The number of nitrogens with two attached hydrogens (primary N) is 1. The molecule has 14 heteroatoms. The van der Waals surface area contributed by atoms with Crippen molar-refractivity contribution in [1.29, 1.82) is 0 Å². The van der Waals surface area contributed by atoms with Gasteiger partial charge in [0.15, 0.2) is 0 Å². The van der Waals surface area contributed by atoms with Crippen molar-refractivity contribution in [3.63, 3.8) is 0 Å². The molecule has 0 aliphatic rings. The van der Waals surface area contributed by atoms with Crippen LogP contribution in [0.25, 0.3) is 0 Å². The molecule has 13 N–H and O–H groups in total. The van der Waals surface area contributed by atoms with Crippen LogP contribution in [0.5, 0.6) is 0 Å². The van der Waals surface area contributed by atoms with Crippen LogP contribution in [0.1, 0.15) is 84.5 Å². The van der Waals surface area contributed by atoms with E-state index in [1.165, 1.54) is 24.3 Å². The summed E-state index contributed by atoms with van der Waals surface area (Å²) in [7, 11) is 0. The first-order chi connectivity index (χ1) is 21.5. The summed E-state index contributed by atoms with van der Waals surface area (Å²) < 4.78 is 0. The first-order valence-electron chi connectivity index (χ1n) is 16.2. The zero-order valence-electron chi connectivity index (χ0n) is 27.2. The Labute approximate surface area is 272 Å². The number of rotatable bonds is 27. The van der Waals surface area contributed by atoms with Gasteiger partial charge in [-0.3, -0.25) is 9.59 Å². The molecular formula is C32H60N2O12. The third kappa shape index (κ3) is 23.5. The summed E-state index contributed by atoms with van der Waals surface area (Å²) >= 11 is 0. The van der Waals surface area contributed by atoms with Gasteiger partial charge in [-0.2, -0.15) is 0 Å². The summed E-state index contributed by atoms with van der Waals surface area (Å²) in [5, 5.41) is 102. The van der Waals surface area contributed by atoms with Crippen molar-refractivity contribution < 1.29 is 60.7 Å². The molecule has 0 bridgehead atoms. The molecule has 0 fully saturated rings. The van der Waals surface area contributed by atoms with Crippen LogP contribution in [0.3, 0.4) is 0 Å². The maximum atomic E-state index is 11.7. The summed E-state index contributed by atoms with van der Waals surface area (Å²) in [5.74, 6) is -0.811. The Balaban J connectivity index is 4.23. The fourth-order valence-electron chi connectivity index (χ4n) is 4.67. The lowest BCUT2D eigenvalue weighted by Crippen LogP contribution is -2.43. The second kappa shape index (κ2) is 25.2. The highest BCUT2D eigenvalue weighted by atomic mass is 16.3. The van der Waals surface area contributed by atoms with Crippen LogP contribution in [-0.4, -0.2) is 137 Å². The van der Waals surface area contributed by atoms with Gasteiger partial charge in [0.25, 0.3) is 0 Å². The Morgan fingerprint density at radius 1 is 0.652 bits per heavy atom. The van der Waals surface area contributed by atoms with Gasteiger partial charge in [0.05, 0.1) is 61.5 Å². The zero-order valence-corrected chi connectivity index (χ0v) is 27.2. The molecule has 14 nitrogen and oxygen atoms in total. The minimum atomic E-state index is -1.06. The van der Waals surface area contributed by atoms with Crippen molar-refractivity contribution >= 4 is 11.7 Å². The zero-order chi connectivity index (χ0) is 35.2. The van der Waals surface area contributed by atoms with E-state index in [1.807, 2.05) is 0 Å². The third-order valence-corrected chi connectivity index (χ3v) is 7.36. The molecule has 270 valence electrons. The van der Waals surface area contributed by atoms with Crippen molar-refractivity contribution in [2.24, 2.45) is 11.7 Å². The lowest BCUT2D eigenvalue weighted by Gasteiger charge is -2.19. The van der Waals surface area contributed by atoms with E-state index in [4.69, 9.17) is 10.8 Å². The molecule has 0 rings (SSSR count). The van der Waals surface area contributed by atoms with Crippen LogP contribution in [0, 0.1) is 5.92 Å². The fourth-order valence-corrected chi connectivity index (χ4v) is 4.67. The number of ketones is 1. The average Bonchev–Trinajstić information content (AvgIpc) is 2.93. The van der Waals surface area contributed by atoms with E-state index in [-0.39, 0.29) is 76.0 Å². The van der Waals surface area contributed by atoms with Gasteiger partial charge >= 0.3 is 0 Å². The largest absolute Gasteiger partial charge is 0.394 e. The molecule has 0 aromatic carbocycles. The van der Waals surface area contributed by atoms with Gasteiger partial charge in [0.1, 0.15) is 11.8 Å². The lowest BCUT2D eigenvalue weighted by atomic mass is 9.97. The molecule has 0 heterocycles. The summed E-state index contributed by atoms with van der Waals surface area (Å²) in [5.41, 5.74) is 5.38. The monoisotopic (exact) mass is 664 g/mol. The highest BCUT2D eigenvalue weighted by molar-refractivity contribution is 5.81. The van der Waals surface area contributed by atoms with Gasteiger partial charge in [-0.05, 0) is 51.4 Å². The van der Waals surface area contributed by atoms with Crippen LogP contribution in [0.2, 0.25) is 0 Å². The fraction of sp³-hybridized carbons (Fsp3) is 0.812. The standard InChI is InChI=1S/C32H60N2O12/c1-20(2)31(45)18-29(44)17-28(43)15-24(39)9-4-8-23(38)14-27(42)16-26(41)13-22(37)7-3-6-21(36)12-25(40)10-5-11-34-32(46)30(33)19-35/h3-4,7,9,20-30,35-44H,5-6,8,10-19,33H2,1-2H3,(H,34,46). The van der Waals surface area contributed by atoms with Crippen LogP contribution < -0.4 is 11.1 Å². The summed E-state index contributed by atoms with van der Waals surface area (Å²) in [6.45, 7) is 3.26. The van der Waals surface area contributed by atoms with Gasteiger partial charge < -0.3 is 62.1 Å². The van der Waals surface area contributed by atoms with E-state index >= 15 is 0 Å². The second-order valence-electron chi connectivity index (χ2n) is 12.5. The van der Waals surface area contributed by atoms with E-state index in [9.17, 15) is 55.5 Å². The van der Waals surface area contributed by atoms with Crippen molar-refractivity contribution in [3.8, 4) is 0 Å². The summed E-state index contributed by atoms with van der Waals surface area (Å²) in [6.07, 6.45) is -2.31. The molecule has 46 heavy (non-hydrogen) atoms. The number of amides is 1. The van der Waals surface area contributed by atoms with E-state index in [2.05, 4.69) is 5.32 Å². The minimum absolute atomic E-state index is 0.0497. The Morgan fingerprint density at radius 3 is 1.57 bits per heavy atom. The SMILES string of the molecule is CC(C)C(=O)CC(O)CC(O)CC(O)C=CCC(O)CC(O)CC(O)CC(O)C=CCC(O)CC(O)CCCNC(=O)C(N)CO. The van der Waals surface area contributed by atoms with E-state index in [1.54, 1.807) is 13.8 Å². The molecule has 1 amide bonds. The van der Waals surface area contributed by atoms with Gasteiger partial charge in [0.2, 0.25) is 5.91 Å². The molecule has 0 saturated heterocycles. The smallest absolute Gasteiger partial charge is 0.239 e. The number of hydrogen-bond donors (Lipinski definition) is 12. The van der Waals surface area contributed by atoms with Crippen LogP contribution in [0.15, 0.2) is 24.3 Å². The Morgan fingerprint density at radius 2 is 1.09 bits per heavy atom. The number of carbonyl (C=O) groups is 2. The van der Waals surface area contributed by atoms with Crippen molar-refractivity contribution in [2.45, 2.75) is 145 Å². The van der Waals surface area contributed by atoms with Crippen molar-refractivity contribution in [2.75, 3.05) is 13.2 Å². The number of Topliss-reactive ketones (excluding diaryl/α,β-unsaturated/α-hetero) is 1. The molecular weight excluding hydrogens is 604 g/mol. The number of hydrogen-bond acceptors (Lipinski definition) is 13. The van der Waals surface area contributed by atoms with Crippen LogP contribution in [0.4, 0.5) is 0 Å². The predicted molar refractivity (Wildman–Crippen MR) is 171 cm³/mol. The summed E-state index contributed by atoms with van der Waals surface area (Å²) in [6, 6.07) is -0.995. The van der Waals surface area contributed by atoms with Crippen molar-refractivity contribution in [1.82, 2.24) is 5.32 Å². The Bertz CT molecular complexity index is 874. The number of aliphatic hydroxyl groups is 10. The lowest BCUT2D eigenvalue weighted by molar-refractivity contribution is -0.124. The van der Waals surface area contributed by atoms with Crippen molar-refractivity contribution in [3.05, 3.63) is 24.3 Å². The topological polar surface area (TPSA) is 274 Å². The maximum absolute atomic E-state index is 11.7. The molecule has 0 aliphatic heterocycles. The van der Waals surface area contributed by atoms with Crippen LogP contribution in [-0.2, 0) is 9.59 Å². The van der Waals surface area contributed by atoms with E-state index in [0.29, 0.717) is 12.8 Å². The van der Waals surface area contributed by atoms with E-state index in [0.717, 1.165) is 0 Å². The highest BCUT2D eigenvalue weighted by Gasteiger charge is 2.20. The predicted octanol–water partition coefficient (Wildman–Crippen LogP) is -1.70. The number of nitrogens with one attached hydrogen (secondary N) is 1. The van der Waals surface area contributed by atoms with Gasteiger partial charge in [0, 0.05) is 31.7 Å². The molecule has 0 radical (unpaired) electrons. The third-order valence-electron chi connectivity index (χ3n) is 7.36. The Kier molecular flexibility index (Phi) is 24.2. The molecule has 0 aromatic heterocycles. The van der Waals surface area contributed by atoms with Gasteiger partial charge in [-0.15, -0.1) is 0 Å². The number of aliphatic hydroxyl groups excluding tert-OH is 10. The first kappa shape index (κ1) is 44.2. The van der Waals surface area contributed by atoms with E-state index < -0.39 is 73.5 Å². The Hall–Kier alpha value is -1.82. The normalized spacial score (nSPS) is 19.0. The molecule has 10 atom stereocenters. The highest BCUT2D eigenvalue weighted by Crippen LogP contribution is 2.15. The molecule has 0 saturated carbocycles. The van der Waals surface area contributed by atoms with Gasteiger partial charge in [-0.1, -0.05) is 38.2 Å². The molecule has 0 aromatic rings. The van der Waals surface area contributed by atoms with Gasteiger partial charge in [-0.25, -0.2) is 0 Å². The first-order valence-corrected chi connectivity index (χ1v) is 16.2. The minimum Gasteiger partial charge on any atom is -0.394 e. The molecule has 10 unspecified atom stereocenters. The maximum Gasteiger partial charge on any atom is 0.239 e. The number of carbonyl (C=O) groups excluding carboxylic acids is 2. The summed E-state index contributed by atoms with van der Waals surface area (Å²) in [4.78, 5) is 23.2. The molecule has 0 aliphatic carbocycles.